The minimum Gasteiger partial charge on any atom is -0.326 e. The molecule has 1 aromatic carbocycles. The molecule has 2 rings (SSSR count). The lowest BCUT2D eigenvalue weighted by atomic mass is 9.94. The zero-order chi connectivity index (χ0) is 15.3. The van der Waals surface area contributed by atoms with Gasteiger partial charge in [-0.25, -0.2) is 13.6 Å². The van der Waals surface area contributed by atoms with E-state index in [1.807, 2.05) is 0 Å². The van der Waals surface area contributed by atoms with Gasteiger partial charge in [-0.1, -0.05) is 12.1 Å². The molecule has 0 unspecified atom stereocenters. The Hall–Kier alpha value is -1.15. The minimum absolute atomic E-state index is 0. The van der Waals surface area contributed by atoms with Gasteiger partial charge < -0.3 is 10.6 Å². The summed E-state index contributed by atoms with van der Waals surface area (Å²) in [5, 5.41) is 11.1. The van der Waals surface area contributed by atoms with Crippen molar-refractivity contribution >= 4 is 34.0 Å². The summed E-state index contributed by atoms with van der Waals surface area (Å²) < 4.78 is 22.0. The van der Waals surface area contributed by atoms with Crippen molar-refractivity contribution in [2.75, 3.05) is 18.4 Å². The Morgan fingerprint density at radius 2 is 1.82 bits per heavy atom. The number of hydrogen-bond donors (Lipinski definition) is 3. The third-order valence-electron chi connectivity index (χ3n) is 3.54. The summed E-state index contributed by atoms with van der Waals surface area (Å²) >= 11 is 0. The number of anilines is 1. The van der Waals surface area contributed by atoms with Crippen molar-refractivity contribution in [3.8, 4) is 0 Å². The van der Waals surface area contributed by atoms with Gasteiger partial charge in [0.05, 0.1) is 5.75 Å². The van der Waals surface area contributed by atoms with Gasteiger partial charge in [0.25, 0.3) is 0 Å². The molecule has 0 radical (unpaired) electrons. The van der Waals surface area contributed by atoms with Gasteiger partial charge in [0, 0.05) is 12.1 Å². The number of nitrogens with two attached hydrogens (primary N) is 1. The first-order valence-electron chi connectivity index (χ1n) is 7.02. The van der Waals surface area contributed by atoms with Crippen LogP contribution in [0.2, 0.25) is 0 Å². The summed E-state index contributed by atoms with van der Waals surface area (Å²) in [5.41, 5.74) is 1.28. The molecule has 0 aliphatic carbocycles. The fourth-order valence-electron chi connectivity index (χ4n) is 2.48. The summed E-state index contributed by atoms with van der Waals surface area (Å²) in [4.78, 5) is 11.9. The zero-order valence-corrected chi connectivity index (χ0v) is 13.9. The van der Waals surface area contributed by atoms with Gasteiger partial charge in [0.2, 0.25) is 15.9 Å². The molecule has 0 aromatic heterocycles. The molecule has 8 heteroatoms. The second-order valence-electron chi connectivity index (χ2n) is 5.45. The fraction of sp³-hybridized carbons (Fsp3) is 0.500. The lowest BCUT2D eigenvalue weighted by Crippen LogP contribution is -2.30. The first-order chi connectivity index (χ1) is 9.92. The largest absolute Gasteiger partial charge is 0.326 e. The number of amides is 1. The number of carbonyl (C=O) groups is 1. The maximum Gasteiger partial charge on any atom is 0.224 e. The Morgan fingerprint density at radius 3 is 2.36 bits per heavy atom. The molecule has 1 aliphatic rings. The van der Waals surface area contributed by atoms with E-state index in [-0.39, 0.29) is 24.1 Å². The molecule has 0 bridgehead atoms. The minimum atomic E-state index is -3.53. The second kappa shape index (κ2) is 8.47. The molecule has 1 heterocycles. The standard InChI is InChI=1S/C14H21N3O3S.ClH/c15-21(19,20)10-12-1-3-13(4-2-12)17-14(18)9-11-5-7-16-8-6-11;/h1-4,11,16H,5-10H2,(H,17,18)(H2,15,19,20);1H. The number of benzene rings is 1. The van der Waals surface area contributed by atoms with E-state index in [2.05, 4.69) is 10.6 Å². The average Bonchev–Trinajstić information content (AvgIpc) is 2.40. The Bertz CT molecular complexity index is 584. The molecular formula is C14H22ClN3O3S. The molecule has 0 saturated carbocycles. The number of piperidine rings is 1. The maximum absolute atomic E-state index is 11.9. The van der Waals surface area contributed by atoms with Gasteiger partial charge in [-0.15, -0.1) is 12.4 Å². The van der Waals surface area contributed by atoms with Crippen LogP contribution in [0.25, 0.3) is 0 Å². The van der Waals surface area contributed by atoms with Crippen LogP contribution < -0.4 is 15.8 Å². The van der Waals surface area contributed by atoms with E-state index < -0.39 is 10.0 Å². The summed E-state index contributed by atoms with van der Waals surface area (Å²) in [6.45, 7) is 1.94. The molecule has 0 spiro atoms. The summed E-state index contributed by atoms with van der Waals surface area (Å²) in [6.07, 6.45) is 2.59. The highest BCUT2D eigenvalue weighted by Crippen LogP contribution is 2.17. The Labute approximate surface area is 137 Å². The van der Waals surface area contributed by atoms with Crippen molar-refractivity contribution in [1.82, 2.24) is 5.32 Å². The molecule has 124 valence electrons. The summed E-state index contributed by atoms with van der Waals surface area (Å²) in [5.74, 6) is 0.241. The lowest BCUT2D eigenvalue weighted by Gasteiger charge is -2.21. The molecule has 1 aromatic rings. The van der Waals surface area contributed by atoms with Crippen LogP contribution in [0.3, 0.4) is 0 Å². The van der Waals surface area contributed by atoms with Crippen LogP contribution in [0.5, 0.6) is 0 Å². The first-order valence-corrected chi connectivity index (χ1v) is 8.74. The smallest absolute Gasteiger partial charge is 0.224 e. The van der Waals surface area contributed by atoms with E-state index in [0.29, 0.717) is 23.6 Å². The van der Waals surface area contributed by atoms with Crippen molar-refractivity contribution in [2.24, 2.45) is 11.1 Å². The van der Waals surface area contributed by atoms with Gasteiger partial charge in [-0.05, 0) is 49.5 Å². The molecule has 1 amide bonds. The number of hydrogen-bond acceptors (Lipinski definition) is 4. The number of rotatable bonds is 5. The Kier molecular flexibility index (Phi) is 7.28. The van der Waals surface area contributed by atoms with Gasteiger partial charge in [0.15, 0.2) is 0 Å². The highest BCUT2D eigenvalue weighted by Gasteiger charge is 2.16. The van der Waals surface area contributed by atoms with E-state index in [4.69, 9.17) is 5.14 Å². The molecular weight excluding hydrogens is 326 g/mol. The van der Waals surface area contributed by atoms with Crippen LogP contribution >= 0.6 is 12.4 Å². The number of halogens is 1. The van der Waals surface area contributed by atoms with Crippen molar-refractivity contribution in [3.05, 3.63) is 29.8 Å². The normalized spacial score (nSPS) is 15.9. The van der Waals surface area contributed by atoms with Crippen LogP contribution in [0, 0.1) is 5.92 Å². The van der Waals surface area contributed by atoms with Crippen LogP contribution in [0.15, 0.2) is 24.3 Å². The SMILES string of the molecule is Cl.NS(=O)(=O)Cc1ccc(NC(=O)CC2CCNCC2)cc1. The molecule has 1 aliphatic heterocycles. The Morgan fingerprint density at radius 1 is 1.23 bits per heavy atom. The van der Waals surface area contributed by atoms with Crippen LogP contribution in [-0.4, -0.2) is 27.4 Å². The predicted octanol–water partition coefficient (Wildman–Crippen LogP) is 1.23. The lowest BCUT2D eigenvalue weighted by molar-refractivity contribution is -0.117. The zero-order valence-electron chi connectivity index (χ0n) is 12.2. The van der Waals surface area contributed by atoms with Crippen LogP contribution in [0.4, 0.5) is 5.69 Å². The van der Waals surface area contributed by atoms with E-state index >= 15 is 0 Å². The summed E-state index contributed by atoms with van der Waals surface area (Å²) in [7, 11) is -3.53. The number of carbonyl (C=O) groups excluding carboxylic acids is 1. The topological polar surface area (TPSA) is 101 Å². The van der Waals surface area contributed by atoms with Crippen molar-refractivity contribution in [1.29, 1.82) is 0 Å². The van der Waals surface area contributed by atoms with Crippen LogP contribution in [0.1, 0.15) is 24.8 Å². The molecule has 1 saturated heterocycles. The molecule has 6 nitrogen and oxygen atoms in total. The fourth-order valence-corrected chi connectivity index (χ4v) is 3.13. The van der Waals surface area contributed by atoms with Crippen molar-refractivity contribution in [3.63, 3.8) is 0 Å². The number of primary sulfonamides is 1. The molecule has 1 fully saturated rings. The highest BCUT2D eigenvalue weighted by molar-refractivity contribution is 7.88. The quantitative estimate of drug-likeness (QED) is 0.745. The predicted molar refractivity (Wildman–Crippen MR) is 89.3 cm³/mol. The van der Waals surface area contributed by atoms with Gasteiger partial charge in [-0.3, -0.25) is 4.79 Å². The van der Waals surface area contributed by atoms with E-state index in [0.717, 1.165) is 25.9 Å². The monoisotopic (exact) mass is 347 g/mol. The number of nitrogens with one attached hydrogen (secondary N) is 2. The first kappa shape index (κ1) is 18.9. The molecule has 4 N–H and O–H groups in total. The highest BCUT2D eigenvalue weighted by atomic mass is 35.5. The van der Waals surface area contributed by atoms with Crippen molar-refractivity contribution in [2.45, 2.75) is 25.0 Å². The van der Waals surface area contributed by atoms with Gasteiger partial charge in [0.1, 0.15) is 0 Å². The summed E-state index contributed by atoms with van der Waals surface area (Å²) in [6, 6.07) is 6.71. The molecule has 22 heavy (non-hydrogen) atoms. The van der Waals surface area contributed by atoms with Gasteiger partial charge >= 0.3 is 0 Å². The van der Waals surface area contributed by atoms with Crippen molar-refractivity contribution < 1.29 is 13.2 Å². The molecule has 0 atom stereocenters. The number of sulfonamides is 1. The van der Waals surface area contributed by atoms with Gasteiger partial charge in [-0.2, -0.15) is 0 Å². The maximum atomic E-state index is 11.9. The van der Waals surface area contributed by atoms with Crippen LogP contribution in [-0.2, 0) is 20.6 Å². The second-order valence-corrected chi connectivity index (χ2v) is 7.06. The third kappa shape index (κ3) is 6.74. The van der Waals surface area contributed by atoms with E-state index in [9.17, 15) is 13.2 Å². The third-order valence-corrected chi connectivity index (χ3v) is 4.27. The van der Waals surface area contributed by atoms with E-state index in [1.54, 1.807) is 24.3 Å². The average molecular weight is 348 g/mol. The Balaban J connectivity index is 0.00000242. The van der Waals surface area contributed by atoms with E-state index in [1.165, 1.54) is 0 Å².